The molecule has 0 spiro atoms. The molecule has 12 heavy (non-hydrogen) atoms. The normalized spacial score (nSPS) is 29.5. The molecule has 0 aromatic carbocycles. The zero-order valence-corrected chi connectivity index (χ0v) is 8.63. The summed E-state index contributed by atoms with van der Waals surface area (Å²) in [5.41, 5.74) is 0.331. The largest absolute Gasteiger partial charge is 0.316 e. The lowest BCUT2D eigenvalue weighted by atomic mass is 9.88. The van der Waals surface area contributed by atoms with E-state index in [-0.39, 0.29) is 0 Å². The molecule has 1 aliphatic rings. The maximum absolute atomic E-state index is 5.90. The Morgan fingerprint density at radius 2 is 2.42 bits per heavy atom. The zero-order valence-electron chi connectivity index (χ0n) is 7.06. The van der Waals surface area contributed by atoms with Crippen LogP contribution in [0.5, 0.6) is 0 Å². The number of rotatable bonds is 1. The Labute approximate surface area is 81.7 Å². The van der Waals surface area contributed by atoms with Crippen LogP contribution in [0.2, 0.25) is 4.34 Å². The van der Waals surface area contributed by atoms with Crippen LogP contribution >= 0.6 is 22.9 Å². The van der Waals surface area contributed by atoms with E-state index in [1.54, 1.807) is 11.3 Å². The average molecular weight is 202 g/mol. The molecule has 0 radical (unpaired) electrons. The predicted molar refractivity (Wildman–Crippen MR) is 54.2 cm³/mol. The number of hydrogen-bond acceptors (Lipinski definition) is 2. The summed E-state index contributed by atoms with van der Waals surface area (Å²) in [7, 11) is 0. The molecule has 0 amide bonds. The van der Waals surface area contributed by atoms with Gasteiger partial charge in [0.2, 0.25) is 0 Å². The van der Waals surface area contributed by atoms with Gasteiger partial charge in [-0.1, -0.05) is 18.5 Å². The lowest BCUT2D eigenvalue weighted by molar-refractivity contribution is 0.536. The van der Waals surface area contributed by atoms with Crippen molar-refractivity contribution in [3.8, 4) is 0 Å². The highest BCUT2D eigenvalue weighted by Crippen LogP contribution is 2.36. The Bertz CT molecular complexity index is 276. The molecule has 1 N–H and O–H groups in total. The van der Waals surface area contributed by atoms with Crippen LogP contribution in [-0.2, 0) is 5.41 Å². The third-order valence-electron chi connectivity index (χ3n) is 2.54. The summed E-state index contributed by atoms with van der Waals surface area (Å²) < 4.78 is 0.901. The number of thiophene rings is 1. The van der Waals surface area contributed by atoms with Gasteiger partial charge in [-0.3, -0.25) is 0 Å². The first-order valence-corrected chi connectivity index (χ1v) is 5.37. The molecule has 2 heterocycles. The van der Waals surface area contributed by atoms with Crippen molar-refractivity contribution in [3.63, 3.8) is 0 Å². The number of hydrogen-bond donors (Lipinski definition) is 1. The molecule has 3 heteroatoms. The van der Waals surface area contributed by atoms with Gasteiger partial charge in [0.05, 0.1) is 4.34 Å². The minimum Gasteiger partial charge on any atom is -0.316 e. The molecule has 66 valence electrons. The van der Waals surface area contributed by atoms with E-state index in [4.69, 9.17) is 11.6 Å². The summed E-state index contributed by atoms with van der Waals surface area (Å²) in [6.45, 7) is 4.52. The minimum atomic E-state index is 0.331. The molecule has 0 bridgehead atoms. The van der Waals surface area contributed by atoms with Gasteiger partial charge in [0.1, 0.15) is 0 Å². The van der Waals surface area contributed by atoms with Crippen LogP contribution in [0.15, 0.2) is 12.1 Å². The molecule has 1 fully saturated rings. The van der Waals surface area contributed by atoms with E-state index in [0.717, 1.165) is 17.4 Å². The maximum atomic E-state index is 5.90. The molecule has 1 aromatic rings. The summed E-state index contributed by atoms with van der Waals surface area (Å²) in [6.07, 6.45) is 1.23. The van der Waals surface area contributed by atoms with Gasteiger partial charge >= 0.3 is 0 Å². The Balaban J connectivity index is 2.28. The van der Waals surface area contributed by atoms with Crippen LogP contribution in [0.25, 0.3) is 0 Å². The summed E-state index contributed by atoms with van der Waals surface area (Å²) in [4.78, 5) is 1.41. The van der Waals surface area contributed by atoms with Crippen molar-refractivity contribution in [3.05, 3.63) is 21.3 Å². The molecule has 0 aliphatic carbocycles. The quantitative estimate of drug-likeness (QED) is 0.737. The van der Waals surface area contributed by atoms with E-state index < -0.39 is 0 Å². The first-order chi connectivity index (χ1) is 5.71. The average Bonchev–Trinajstić information content (AvgIpc) is 2.59. The van der Waals surface area contributed by atoms with E-state index >= 15 is 0 Å². The minimum absolute atomic E-state index is 0.331. The molecular formula is C9H12ClNS. The second kappa shape index (κ2) is 3.02. The fourth-order valence-corrected chi connectivity index (χ4v) is 2.88. The third kappa shape index (κ3) is 1.39. The zero-order chi connectivity index (χ0) is 8.60. The fraction of sp³-hybridized carbons (Fsp3) is 0.556. The van der Waals surface area contributed by atoms with E-state index in [1.807, 2.05) is 6.07 Å². The van der Waals surface area contributed by atoms with Crippen LogP contribution in [0, 0.1) is 0 Å². The lowest BCUT2D eigenvalue weighted by Gasteiger charge is -2.20. The van der Waals surface area contributed by atoms with Crippen LogP contribution in [0.3, 0.4) is 0 Å². The van der Waals surface area contributed by atoms with E-state index in [1.165, 1.54) is 11.3 Å². The van der Waals surface area contributed by atoms with E-state index in [2.05, 4.69) is 18.3 Å². The summed E-state index contributed by atoms with van der Waals surface area (Å²) in [5.74, 6) is 0. The molecule has 1 nitrogen and oxygen atoms in total. The molecule has 1 unspecified atom stereocenters. The van der Waals surface area contributed by atoms with E-state index in [0.29, 0.717) is 5.41 Å². The van der Waals surface area contributed by atoms with Gasteiger partial charge in [0, 0.05) is 16.8 Å². The first-order valence-electron chi connectivity index (χ1n) is 4.17. The molecular weight excluding hydrogens is 190 g/mol. The number of nitrogens with one attached hydrogen (secondary N) is 1. The SMILES string of the molecule is CC1(c2ccc(Cl)s2)CCNC1. The van der Waals surface area contributed by atoms with Crippen molar-refractivity contribution >= 4 is 22.9 Å². The highest BCUT2D eigenvalue weighted by atomic mass is 35.5. The molecule has 1 saturated heterocycles. The standard InChI is InChI=1S/C9H12ClNS/c1-9(4-5-11-6-9)7-2-3-8(10)12-7/h2-3,11H,4-6H2,1H3. The van der Waals surface area contributed by atoms with Gasteiger partial charge < -0.3 is 5.32 Å². The van der Waals surface area contributed by atoms with Gasteiger partial charge in [-0.2, -0.15) is 0 Å². The second-order valence-electron chi connectivity index (χ2n) is 3.59. The lowest BCUT2D eigenvalue weighted by Crippen LogP contribution is -2.23. The predicted octanol–water partition coefficient (Wildman–Crippen LogP) is 2.65. The van der Waals surface area contributed by atoms with Crippen LogP contribution < -0.4 is 5.32 Å². The Morgan fingerprint density at radius 3 is 2.92 bits per heavy atom. The summed E-state index contributed by atoms with van der Waals surface area (Å²) in [6, 6.07) is 4.14. The van der Waals surface area contributed by atoms with Gasteiger partial charge in [-0.25, -0.2) is 0 Å². The topological polar surface area (TPSA) is 12.0 Å². The van der Waals surface area contributed by atoms with Crippen molar-refractivity contribution in [2.45, 2.75) is 18.8 Å². The van der Waals surface area contributed by atoms with Crippen LogP contribution in [0.4, 0.5) is 0 Å². The van der Waals surface area contributed by atoms with Crippen molar-refractivity contribution in [2.75, 3.05) is 13.1 Å². The highest BCUT2D eigenvalue weighted by Gasteiger charge is 2.31. The molecule has 1 atom stereocenters. The van der Waals surface area contributed by atoms with Crippen molar-refractivity contribution in [2.24, 2.45) is 0 Å². The third-order valence-corrected chi connectivity index (χ3v) is 4.07. The Kier molecular flexibility index (Phi) is 2.15. The highest BCUT2D eigenvalue weighted by molar-refractivity contribution is 7.16. The molecule has 0 saturated carbocycles. The van der Waals surface area contributed by atoms with Crippen molar-refractivity contribution in [1.82, 2.24) is 5.32 Å². The molecule has 1 aromatic heterocycles. The van der Waals surface area contributed by atoms with Crippen molar-refractivity contribution < 1.29 is 0 Å². The maximum Gasteiger partial charge on any atom is 0.0931 e. The van der Waals surface area contributed by atoms with Gasteiger partial charge in [-0.15, -0.1) is 11.3 Å². The van der Waals surface area contributed by atoms with Crippen LogP contribution in [-0.4, -0.2) is 13.1 Å². The van der Waals surface area contributed by atoms with Gasteiger partial charge in [0.15, 0.2) is 0 Å². The molecule has 1 aliphatic heterocycles. The Hall–Kier alpha value is -0.0500. The van der Waals surface area contributed by atoms with Gasteiger partial charge in [-0.05, 0) is 25.1 Å². The Morgan fingerprint density at radius 1 is 1.58 bits per heavy atom. The number of halogens is 1. The summed E-state index contributed by atoms with van der Waals surface area (Å²) in [5, 5.41) is 3.38. The van der Waals surface area contributed by atoms with Crippen molar-refractivity contribution in [1.29, 1.82) is 0 Å². The second-order valence-corrected chi connectivity index (χ2v) is 5.31. The molecule has 2 rings (SSSR count). The fourth-order valence-electron chi connectivity index (χ4n) is 1.67. The first kappa shape index (κ1) is 8.54. The van der Waals surface area contributed by atoms with Crippen LogP contribution in [0.1, 0.15) is 18.2 Å². The summed E-state index contributed by atoms with van der Waals surface area (Å²) >= 11 is 7.61. The van der Waals surface area contributed by atoms with E-state index in [9.17, 15) is 0 Å². The van der Waals surface area contributed by atoms with Gasteiger partial charge in [0.25, 0.3) is 0 Å². The monoisotopic (exact) mass is 201 g/mol. The smallest absolute Gasteiger partial charge is 0.0931 e.